The lowest BCUT2D eigenvalue weighted by Crippen LogP contribution is -2.05. The van der Waals surface area contributed by atoms with Gasteiger partial charge in [0, 0.05) is 31.5 Å². The zero-order valence-electron chi connectivity index (χ0n) is 12.6. The Morgan fingerprint density at radius 3 is 2.71 bits per heavy atom. The van der Waals surface area contributed by atoms with Crippen LogP contribution in [0, 0.1) is 0 Å². The van der Waals surface area contributed by atoms with E-state index in [1.54, 1.807) is 19.5 Å². The molecule has 0 fully saturated rings. The first-order chi connectivity index (χ1) is 10.3. The first kappa shape index (κ1) is 15.2. The van der Waals surface area contributed by atoms with E-state index in [-0.39, 0.29) is 0 Å². The van der Waals surface area contributed by atoms with E-state index in [1.807, 2.05) is 26.0 Å². The third kappa shape index (κ3) is 4.13. The van der Waals surface area contributed by atoms with Gasteiger partial charge in [0.05, 0.1) is 18.5 Å². The van der Waals surface area contributed by atoms with Gasteiger partial charge in [-0.3, -0.25) is 4.98 Å². The summed E-state index contributed by atoms with van der Waals surface area (Å²) in [6.07, 6.45) is 3.45. The Kier molecular flexibility index (Phi) is 5.45. The van der Waals surface area contributed by atoms with Crippen molar-refractivity contribution in [3.63, 3.8) is 0 Å². The number of rotatable bonds is 7. The predicted molar refractivity (Wildman–Crippen MR) is 81.3 cm³/mol. The lowest BCUT2D eigenvalue weighted by atomic mass is 10.2. The van der Waals surface area contributed by atoms with Gasteiger partial charge in [0.1, 0.15) is 18.2 Å². The maximum absolute atomic E-state index is 5.48. The van der Waals surface area contributed by atoms with E-state index in [2.05, 4.69) is 20.3 Å². The molecule has 6 heteroatoms. The molecule has 0 spiro atoms. The van der Waals surface area contributed by atoms with Crippen LogP contribution in [0.25, 0.3) is 11.3 Å². The smallest absolute Gasteiger partial charge is 0.157 e. The number of methoxy groups -OCH3 is 1. The molecule has 0 saturated carbocycles. The molecular formula is C15H20N4O2. The summed E-state index contributed by atoms with van der Waals surface area (Å²) >= 11 is 0. The van der Waals surface area contributed by atoms with Gasteiger partial charge in [0.15, 0.2) is 5.82 Å². The molecule has 1 N–H and O–H groups in total. The molecule has 2 rings (SSSR count). The van der Waals surface area contributed by atoms with Crippen LogP contribution in [0.1, 0.15) is 19.7 Å². The topological polar surface area (TPSA) is 69.2 Å². The first-order valence-corrected chi connectivity index (χ1v) is 6.95. The van der Waals surface area contributed by atoms with Gasteiger partial charge in [-0.05, 0) is 19.9 Å². The summed E-state index contributed by atoms with van der Waals surface area (Å²) in [5.74, 6) is 2.14. The van der Waals surface area contributed by atoms with Crippen molar-refractivity contribution in [1.82, 2.24) is 15.0 Å². The fourth-order valence-corrected chi connectivity index (χ4v) is 1.91. The molecular weight excluding hydrogens is 268 g/mol. The van der Waals surface area contributed by atoms with E-state index in [0.717, 1.165) is 29.4 Å². The van der Waals surface area contributed by atoms with E-state index in [4.69, 9.17) is 9.47 Å². The Labute approximate surface area is 124 Å². The average molecular weight is 288 g/mol. The molecule has 0 amide bonds. The van der Waals surface area contributed by atoms with Gasteiger partial charge in [-0.2, -0.15) is 0 Å². The van der Waals surface area contributed by atoms with Crippen LogP contribution < -0.4 is 10.1 Å². The van der Waals surface area contributed by atoms with Gasteiger partial charge in [-0.25, -0.2) is 9.97 Å². The number of aromatic nitrogens is 3. The third-order valence-corrected chi connectivity index (χ3v) is 2.72. The molecule has 2 aromatic heterocycles. The second-order valence-electron chi connectivity index (χ2n) is 4.36. The van der Waals surface area contributed by atoms with Gasteiger partial charge in [-0.1, -0.05) is 0 Å². The minimum Gasteiger partial charge on any atom is -0.492 e. The highest BCUT2D eigenvalue weighted by atomic mass is 16.5. The molecule has 0 aromatic carbocycles. The molecule has 0 atom stereocenters. The lowest BCUT2D eigenvalue weighted by molar-refractivity contribution is 0.178. The number of hydrogen-bond donors (Lipinski definition) is 1. The van der Waals surface area contributed by atoms with Gasteiger partial charge in [0.2, 0.25) is 0 Å². The Balaban J connectivity index is 2.38. The zero-order chi connectivity index (χ0) is 15.1. The van der Waals surface area contributed by atoms with Crippen LogP contribution in [-0.2, 0) is 11.3 Å². The molecule has 6 nitrogen and oxygen atoms in total. The highest BCUT2D eigenvalue weighted by Gasteiger charge is 2.08. The van der Waals surface area contributed by atoms with Crippen molar-refractivity contribution in [1.29, 1.82) is 0 Å². The molecule has 0 unspecified atom stereocenters. The van der Waals surface area contributed by atoms with Crippen LogP contribution in [-0.4, -0.2) is 35.2 Å². The maximum atomic E-state index is 5.48. The summed E-state index contributed by atoms with van der Waals surface area (Å²) in [5.41, 5.74) is 1.68. The molecule has 0 aliphatic heterocycles. The largest absolute Gasteiger partial charge is 0.492 e. The van der Waals surface area contributed by atoms with Crippen molar-refractivity contribution < 1.29 is 9.47 Å². The van der Waals surface area contributed by atoms with Crippen LogP contribution in [0.15, 0.2) is 24.5 Å². The van der Waals surface area contributed by atoms with Crippen molar-refractivity contribution in [3.05, 3.63) is 30.4 Å². The van der Waals surface area contributed by atoms with E-state index in [9.17, 15) is 0 Å². The summed E-state index contributed by atoms with van der Waals surface area (Å²) in [7, 11) is 1.63. The molecule has 2 heterocycles. The van der Waals surface area contributed by atoms with Crippen molar-refractivity contribution >= 4 is 5.82 Å². The Morgan fingerprint density at radius 2 is 2.00 bits per heavy atom. The summed E-state index contributed by atoms with van der Waals surface area (Å²) in [5, 5.41) is 3.20. The van der Waals surface area contributed by atoms with Crippen molar-refractivity contribution in [3.8, 4) is 17.0 Å². The van der Waals surface area contributed by atoms with Crippen LogP contribution in [0.5, 0.6) is 5.75 Å². The summed E-state index contributed by atoms with van der Waals surface area (Å²) in [4.78, 5) is 13.1. The molecule has 2 aromatic rings. The highest BCUT2D eigenvalue weighted by molar-refractivity contribution is 5.63. The second-order valence-corrected chi connectivity index (χ2v) is 4.36. The number of pyridine rings is 1. The number of anilines is 1. The highest BCUT2D eigenvalue weighted by Crippen LogP contribution is 2.23. The third-order valence-electron chi connectivity index (χ3n) is 2.72. The number of nitrogens with zero attached hydrogens (tertiary/aromatic N) is 3. The summed E-state index contributed by atoms with van der Waals surface area (Å²) in [6.45, 7) is 5.73. The molecule has 0 saturated heterocycles. The van der Waals surface area contributed by atoms with Crippen LogP contribution in [0.4, 0.5) is 5.82 Å². The molecule has 112 valence electrons. The van der Waals surface area contributed by atoms with Gasteiger partial charge < -0.3 is 14.8 Å². The van der Waals surface area contributed by atoms with Gasteiger partial charge in [0.25, 0.3) is 0 Å². The quantitative estimate of drug-likeness (QED) is 0.844. The molecule has 21 heavy (non-hydrogen) atoms. The Bertz CT molecular complexity index is 565. The number of ether oxygens (including phenoxy) is 2. The normalized spacial score (nSPS) is 10.4. The van der Waals surface area contributed by atoms with Crippen molar-refractivity contribution in [2.75, 3.05) is 25.6 Å². The van der Waals surface area contributed by atoms with Gasteiger partial charge >= 0.3 is 0 Å². The second kappa shape index (κ2) is 7.54. The van der Waals surface area contributed by atoms with E-state index < -0.39 is 0 Å². The molecule has 0 radical (unpaired) electrons. The summed E-state index contributed by atoms with van der Waals surface area (Å²) < 4.78 is 10.6. The van der Waals surface area contributed by atoms with Crippen molar-refractivity contribution in [2.24, 2.45) is 0 Å². The fraction of sp³-hybridized carbons (Fsp3) is 0.400. The maximum Gasteiger partial charge on any atom is 0.157 e. The molecule has 0 aliphatic carbocycles. The Morgan fingerprint density at radius 1 is 1.14 bits per heavy atom. The molecule has 0 aliphatic rings. The van der Waals surface area contributed by atoms with Gasteiger partial charge in [-0.15, -0.1) is 0 Å². The monoisotopic (exact) mass is 288 g/mol. The summed E-state index contributed by atoms with van der Waals surface area (Å²) in [6, 6.07) is 3.82. The SMILES string of the molecule is CCNc1cc(-c2cncc(OCC)c2)nc(COC)n1. The minimum absolute atomic E-state index is 0.366. The van der Waals surface area contributed by atoms with Crippen LogP contribution >= 0.6 is 0 Å². The Hall–Kier alpha value is -2.21. The fourth-order valence-electron chi connectivity index (χ4n) is 1.91. The zero-order valence-corrected chi connectivity index (χ0v) is 12.6. The standard InChI is InChI=1S/C15H20N4O2/c1-4-17-14-7-13(18-15(19-14)10-20-3)11-6-12(21-5-2)9-16-8-11/h6-9H,4-5,10H2,1-3H3,(H,17,18,19). The minimum atomic E-state index is 0.366. The first-order valence-electron chi connectivity index (χ1n) is 6.95. The van der Waals surface area contributed by atoms with Crippen LogP contribution in [0.3, 0.4) is 0 Å². The number of nitrogens with one attached hydrogen (secondary N) is 1. The number of hydrogen-bond acceptors (Lipinski definition) is 6. The molecule has 0 bridgehead atoms. The van der Waals surface area contributed by atoms with Crippen LogP contribution in [0.2, 0.25) is 0 Å². The average Bonchev–Trinajstić information content (AvgIpc) is 2.48. The predicted octanol–water partition coefficient (Wildman–Crippen LogP) is 2.52. The van der Waals surface area contributed by atoms with Crippen molar-refractivity contribution in [2.45, 2.75) is 20.5 Å². The van der Waals surface area contributed by atoms with E-state index in [0.29, 0.717) is 19.0 Å². The van der Waals surface area contributed by atoms with E-state index in [1.165, 1.54) is 0 Å². The lowest BCUT2D eigenvalue weighted by Gasteiger charge is -2.09. The van der Waals surface area contributed by atoms with E-state index >= 15 is 0 Å².